The van der Waals surface area contributed by atoms with Crippen molar-refractivity contribution in [1.82, 2.24) is 0 Å². The first-order valence-corrected chi connectivity index (χ1v) is 7.64. The van der Waals surface area contributed by atoms with Gasteiger partial charge >= 0.3 is 0 Å². The molecule has 0 unspecified atom stereocenters. The Morgan fingerprint density at radius 1 is 1.18 bits per heavy atom. The van der Waals surface area contributed by atoms with Gasteiger partial charge in [0.25, 0.3) is 0 Å². The Hall–Kier alpha value is -0.0400. The van der Waals surface area contributed by atoms with Crippen molar-refractivity contribution < 1.29 is 9.18 Å². The van der Waals surface area contributed by atoms with E-state index < -0.39 is 5.82 Å². The average Bonchev–Trinajstić information content (AvgIpc) is 2.59. The van der Waals surface area contributed by atoms with Crippen LogP contribution >= 0.6 is 59.1 Å². The highest BCUT2D eigenvalue weighted by atomic mass is 79.9. The molecule has 88 valence electrons. The Bertz CT molecular complexity index is 555. The molecule has 1 nitrogen and oxygen atoms in total. The van der Waals surface area contributed by atoms with Gasteiger partial charge in [0.05, 0.1) is 14.2 Å². The molecule has 0 saturated heterocycles. The van der Waals surface area contributed by atoms with Gasteiger partial charge in [0.2, 0.25) is 5.78 Å². The van der Waals surface area contributed by atoms with Crippen LogP contribution in [0.5, 0.6) is 0 Å². The van der Waals surface area contributed by atoms with Crippen molar-refractivity contribution in [2.45, 2.75) is 0 Å². The van der Waals surface area contributed by atoms with Crippen LogP contribution < -0.4 is 0 Å². The minimum Gasteiger partial charge on any atom is -0.288 e. The summed E-state index contributed by atoms with van der Waals surface area (Å²) in [5.41, 5.74) is 0.0637. The normalized spacial score (nSPS) is 10.6. The fraction of sp³-hybridized carbons (Fsp3) is 0. The molecule has 0 bridgehead atoms. The Balaban J connectivity index is 2.51. The third-order valence-corrected chi connectivity index (χ3v) is 5.97. The van der Waals surface area contributed by atoms with Crippen LogP contribution in [0.15, 0.2) is 37.0 Å². The first kappa shape index (κ1) is 13.4. The van der Waals surface area contributed by atoms with Crippen molar-refractivity contribution in [3.8, 4) is 0 Å². The molecule has 0 aliphatic rings. The van der Waals surface area contributed by atoms with E-state index in [1.165, 1.54) is 17.4 Å². The van der Waals surface area contributed by atoms with Gasteiger partial charge in [0.15, 0.2) is 0 Å². The molecule has 0 N–H and O–H groups in total. The zero-order chi connectivity index (χ0) is 12.6. The van der Waals surface area contributed by atoms with Crippen molar-refractivity contribution in [2.24, 2.45) is 0 Å². The Labute approximate surface area is 126 Å². The summed E-state index contributed by atoms with van der Waals surface area (Å²) in [7, 11) is 0. The van der Waals surface area contributed by atoms with Gasteiger partial charge in [0.1, 0.15) is 5.82 Å². The van der Waals surface area contributed by atoms with Gasteiger partial charge < -0.3 is 0 Å². The number of thiophene rings is 1. The second-order valence-electron chi connectivity index (χ2n) is 3.16. The lowest BCUT2D eigenvalue weighted by Gasteiger charge is -2.02. The maximum atomic E-state index is 13.6. The number of carbonyl (C=O) groups is 1. The van der Waals surface area contributed by atoms with Gasteiger partial charge in [-0.15, -0.1) is 11.3 Å². The fourth-order valence-electron chi connectivity index (χ4n) is 1.30. The van der Waals surface area contributed by atoms with Gasteiger partial charge in [-0.25, -0.2) is 4.39 Å². The number of hydrogen-bond acceptors (Lipinski definition) is 2. The van der Waals surface area contributed by atoms with Gasteiger partial charge in [-0.05, 0) is 66.0 Å². The number of ketones is 1. The second kappa shape index (κ2) is 5.30. The summed E-state index contributed by atoms with van der Waals surface area (Å²) in [6, 6.07) is 6.15. The largest absolute Gasteiger partial charge is 0.288 e. The predicted octanol–water partition coefficient (Wildman–Crippen LogP) is 5.41. The summed E-state index contributed by atoms with van der Waals surface area (Å²) < 4.78 is 15.7. The monoisotopic (exact) mass is 440 g/mol. The number of halogens is 4. The summed E-state index contributed by atoms with van der Waals surface area (Å²) in [5, 5.41) is 0. The van der Waals surface area contributed by atoms with Crippen LogP contribution in [0.2, 0.25) is 0 Å². The van der Waals surface area contributed by atoms with E-state index in [9.17, 15) is 9.18 Å². The third-order valence-electron chi connectivity index (χ3n) is 2.06. The molecule has 1 aromatic heterocycles. The highest BCUT2D eigenvalue weighted by Crippen LogP contribution is 2.34. The van der Waals surface area contributed by atoms with Crippen molar-refractivity contribution in [2.75, 3.05) is 0 Å². The van der Waals surface area contributed by atoms with Gasteiger partial charge in [-0.1, -0.05) is 6.07 Å². The van der Waals surface area contributed by atoms with Crippen LogP contribution in [-0.2, 0) is 0 Å². The summed E-state index contributed by atoms with van der Waals surface area (Å²) in [6.45, 7) is 0. The minimum atomic E-state index is -0.523. The van der Waals surface area contributed by atoms with E-state index in [1.54, 1.807) is 18.2 Å². The van der Waals surface area contributed by atoms with Crippen molar-refractivity contribution in [3.05, 3.63) is 53.3 Å². The number of benzene rings is 1. The molecular formula is C11H4Br3FOS. The van der Waals surface area contributed by atoms with E-state index in [2.05, 4.69) is 47.8 Å². The van der Waals surface area contributed by atoms with Crippen LogP contribution in [-0.4, -0.2) is 5.78 Å². The Morgan fingerprint density at radius 3 is 2.41 bits per heavy atom. The topological polar surface area (TPSA) is 17.1 Å². The number of hydrogen-bond donors (Lipinski definition) is 0. The van der Waals surface area contributed by atoms with E-state index in [0.717, 1.165) is 8.26 Å². The van der Waals surface area contributed by atoms with E-state index in [-0.39, 0.29) is 11.3 Å². The van der Waals surface area contributed by atoms with E-state index >= 15 is 0 Å². The Morgan fingerprint density at radius 2 is 1.88 bits per heavy atom. The molecule has 0 radical (unpaired) electrons. The summed E-state index contributed by atoms with van der Waals surface area (Å²) in [5.74, 6) is -0.851. The highest BCUT2D eigenvalue weighted by molar-refractivity contribution is 9.13. The lowest BCUT2D eigenvalue weighted by molar-refractivity contribution is 0.103. The van der Waals surface area contributed by atoms with Crippen molar-refractivity contribution in [1.29, 1.82) is 0 Å². The standard InChI is InChI=1S/C11H4Br3FOS/c12-5-2-1-3-7(15)9(5)10(16)8-4-6(13)11(14)17-8/h1-4H. The number of rotatable bonds is 2. The molecule has 1 aromatic carbocycles. The van der Waals surface area contributed by atoms with Crippen LogP contribution in [0.3, 0.4) is 0 Å². The highest BCUT2D eigenvalue weighted by Gasteiger charge is 2.20. The first-order chi connectivity index (χ1) is 8.00. The van der Waals surface area contributed by atoms with Crippen LogP contribution in [0, 0.1) is 5.82 Å². The quantitative estimate of drug-likeness (QED) is 0.569. The Kier molecular flexibility index (Phi) is 4.18. The predicted molar refractivity (Wildman–Crippen MR) is 77.3 cm³/mol. The molecule has 2 rings (SSSR count). The molecule has 0 spiro atoms. The maximum Gasteiger partial charge on any atom is 0.207 e. The molecule has 0 aliphatic heterocycles. The lowest BCUT2D eigenvalue weighted by atomic mass is 10.1. The molecule has 17 heavy (non-hydrogen) atoms. The summed E-state index contributed by atoms with van der Waals surface area (Å²) >= 11 is 11.1. The molecule has 2 aromatic rings. The number of carbonyl (C=O) groups excluding carboxylic acids is 1. The molecule has 0 saturated carbocycles. The fourth-order valence-corrected chi connectivity index (χ4v) is 3.80. The van der Waals surface area contributed by atoms with Gasteiger partial charge in [-0.2, -0.15) is 0 Å². The first-order valence-electron chi connectivity index (χ1n) is 4.44. The molecule has 1 heterocycles. The molecule has 0 aliphatic carbocycles. The van der Waals surface area contributed by atoms with Crippen LogP contribution in [0.25, 0.3) is 0 Å². The average molecular weight is 443 g/mol. The van der Waals surface area contributed by atoms with Crippen LogP contribution in [0.1, 0.15) is 15.2 Å². The SMILES string of the molecule is O=C(c1cc(Br)c(Br)s1)c1c(F)cccc1Br. The second-order valence-corrected chi connectivity index (χ2v) is 7.24. The minimum absolute atomic E-state index is 0.0637. The molecule has 0 atom stereocenters. The molecule has 0 amide bonds. The van der Waals surface area contributed by atoms with Crippen molar-refractivity contribution >= 4 is 64.9 Å². The van der Waals surface area contributed by atoms with E-state index in [4.69, 9.17) is 0 Å². The maximum absolute atomic E-state index is 13.6. The third kappa shape index (κ3) is 2.70. The van der Waals surface area contributed by atoms with Crippen LogP contribution in [0.4, 0.5) is 4.39 Å². The smallest absolute Gasteiger partial charge is 0.207 e. The summed E-state index contributed by atoms with van der Waals surface area (Å²) in [4.78, 5) is 12.6. The van der Waals surface area contributed by atoms with E-state index in [1.807, 2.05) is 0 Å². The van der Waals surface area contributed by atoms with Gasteiger partial charge in [0, 0.05) is 8.95 Å². The zero-order valence-electron chi connectivity index (χ0n) is 8.14. The summed E-state index contributed by atoms with van der Waals surface area (Å²) in [6.07, 6.45) is 0. The molecule has 0 fully saturated rings. The van der Waals surface area contributed by atoms with E-state index in [0.29, 0.717) is 9.35 Å². The zero-order valence-corrected chi connectivity index (χ0v) is 13.7. The molecule has 6 heteroatoms. The van der Waals surface area contributed by atoms with Gasteiger partial charge in [-0.3, -0.25) is 4.79 Å². The molecular weight excluding hydrogens is 439 g/mol. The lowest BCUT2D eigenvalue weighted by Crippen LogP contribution is -2.03. The van der Waals surface area contributed by atoms with Crippen molar-refractivity contribution in [3.63, 3.8) is 0 Å².